The first-order chi connectivity index (χ1) is 11.3. The minimum absolute atomic E-state index is 0.427. The lowest BCUT2D eigenvalue weighted by Crippen LogP contribution is -2.34. The molecule has 0 radical (unpaired) electrons. The van der Waals surface area contributed by atoms with E-state index in [1.54, 1.807) is 0 Å². The fourth-order valence-corrected chi connectivity index (χ4v) is 4.54. The molecule has 2 aliphatic rings. The van der Waals surface area contributed by atoms with Crippen molar-refractivity contribution in [3.05, 3.63) is 11.3 Å². The Morgan fingerprint density at radius 3 is 2.35 bits per heavy atom. The third kappa shape index (κ3) is 5.62. The third-order valence-electron chi connectivity index (χ3n) is 5.39. The molecule has 2 rings (SSSR count). The van der Waals surface area contributed by atoms with Crippen LogP contribution in [0.2, 0.25) is 0 Å². The number of rotatable bonds is 7. The van der Waals surface area contributed by atoms with Crippen LogP contribution in [0.25, 0.3) is 0 Å². The average Bonchev–Trinajstić information content (AvgIpc) is 2.51. The van der Waals surface area contributed by atoms with Crippen LogP contribution in [0.3, 0.4) is 0 Å². The van der Waals surface area contributed by atoms with E-state index >= 15 is 0 Å². The molecule has 1 saturated carbocycles. The Bertz CT molecular complexity index is 396. The van der Waals surface area contributed by atoms with E-state index in [2.05, 4.69) is 27.8 Å². The van der Waals surface area contributed by atoms with Crippen LogP contribution < -0.4 is 0 Å². The second kappa shape index (κ2) is 10.5. The van der Waals surface area contributed by atoms with E-state index in [0.717, 1.165) is 49.8 Å². The smallest absolute Gasteiger partial charge is 0.178 e. The SMILES string of the molecule is CCCN(CCCBr)C1=C(C2CCCCCCC2)CCCC1=O. The minimum atomic E-state index is 0.427. The number of hydrogen-bond acceptors (Lipinski definition) is 2. The van der Waals surface area contributed by atoms with Crippen molar-refractivity contribution >= 4 is 21.7 Å². The molecule has 0 saturated heterocycles. The highest BCUT2D eigenvalue weighted by atomic mass is 79.9. The van der Waals surface area contributed by atoms with Gasteiger partial charge in [-0.3, -0.25) is 4.79 Å². The van der Waals surface area contributed by atoms with Gasteiger partial charge in [-0.25, -0.2) is 0 Å². The van der Waals surface area contributed by atoms with Gasteiger partial charge in [-0.15, -0.1) is 0 Å². The Morgan fingerprint density at radius 2 is 1.70 bits per heavy atom. The van der Waals surface area contributed by atoms with Gasteiger partial charge >= 0.3 is 0 Å². The maximum atomic E-state index is 12.8. The summed E-state index contributed by atoms with van der Waals surface area (Å²) in [5.41, 5.74) is 2.68. The highest BCUT2D eigenvalue weighted by Crippen LogP contribution is 2.37. The molecule has 0 heterocycles. The first-order valence-electron chi connectivity index (χ1n) is 9.85. The van der Waals surface area contributed by atoms with Crippen molar-refractivity contribution < 1.29 is 4.79 Å². The van der Waals surface area contributed by atoms with Crippen molar-refractivity contribution in [2.75, 3.05) is 18.4 Å². The Labute approximate surface area is 151 Å². The summed E-state index contributed by atoms with van der Waals surface area (Å²) in [6.07, 6.45) is 14.7. The van der Waals surface area contributed by atoms with Gasteiger partial charge in [0.05, 0.1) is 5.70 Å². The van der Waals surface area contributed by atoms with Gasteiger partial charge in [0.1, 0.15) is 0 Å². The Morgan fingerprint density at radius 1 is 1.00 bits per heavy atom. The van der Waals surface area contributed by atoms with Crippen LogP contribution in [0.1, 0.15) is 84.0 Å². The molecule has 23 heavy (non-hydrogen) atoms. The standard InChI is InChI=1S/C20H34BrNO/c1-2-15-22(16-9-14-21)20-18(12-8-13-19(20)23)17-10-6-4-3-5-7-11-17/h17H,2-16H2,1H3. The maximum absolute atomic E-state index is 12.8. The van der Waals surface area contributed by atoms with Gasteiger partial charge in [0.25, 0.3) is 0 Å². The van der Waals surface area contributed by atoms with Crippen LogP contribution >= 0.6 is 15.9 Å². The van der Waals surface area contributed by atoms with E-state index in [9.17, 15) is 4.79 Å². The highest BCUT2D eigenvalue weighted by Gasteiger charge is 2.29. The molecular formula is C20H34BrNO. The normalized spacial score (nSPS) is 21.2. The molecule has 3 heteroatoms. The fourth-order valence-electron chi connectivity index (χ4n) is 4.29. The fraction of sp³-hybridized carbons (Fsp3) is 0.850. The molecule has 2 aliphatic carbocycles. The number of carbonyl (C=O) groups is 1. The number of allylic oxidation sites excluding steroid dienone is 2. The lowest BCUT2D eigenvalue weighted by atomic mass is 9.79. The second-order valence-electron chi connectivity index (χ2n) is 7.22. The molecular weight excluding hydrogens is 350 g/mol. The first-order valence-corrected chi connectivity index (χ1v) is 11.0. The van der Waals surface area contributed by atoms with Crippen LogP contribution in [0.4, 0.5) is 0 Å². The zero-order valence-electron chi connectivity index (χ0n) is 14.9. The first kappa shape index (κ1) is 19.0. The molecule has 0 aromatic heterocycles. The molecule has 132 valence electrons. The second-order valence-corrected chi connectivity index (χ2v) is 8.02. The number of carbonyl (C=O) groups excluding carboxylic acids is 1. The molecule has 0 spiro atoms. The Kier molecular flexibility index (Phi) is 8.71. The summed E-state index contributed by atoms with van der Waals surface area (Å²) >= 11 is 3.55. The zero-order valence-corrected chi connectivity index (χ0v) is 16.5. The molecule has 0 aromatic rings. The van der Waals surface area contributed by atoms with Gasteiger partial charge in [0.15, 0.2) is 5.78 Å². The Hall–Kier alpha value is -0.310. The van der Waals surface area contributed by atoms with E-state index in [1.165, 1.54) is 56.9 Å². The molecule has 2 nitrogen and oxygen atoms in total. The van der Waals surface area contributed by atoms with E-state index in [4.69, 9.17) is 0 Å². The number of hydrogen-bond donors (Lipinski definition) is 0. The van der Waals surface area contributed by atoms with Crippen LogP contribution in [-0.4, -0.2) is 29.1 Å². The number of Topliss-reactive ketones (excluding diaryl/α,β-unsaturated/α-hetero) is 1. The van der Waals surface area contributed by atoms with Crippen LogP contribution in [0.5, 0.6) is 0 Å². The maximum Gasteiger partial charge on any atom is 0.178 e. The summed E-state index contributed by atoms with van der Waals surface area (Å²) < 4.78 is 0. The van der Waals surface area contributed by atoms with Gasteiger partial charge in [0.2, 0.25) is 0 Å². The largest absolute Gasteiger partial charge is 0.369 e. The van der Waals surface area contributed by atoms with Crippen molar-refractivity contribution in [2.45, 2.75) is 84.0 Å². The summed E-state index contributed by atoms with van der Waals surface area (Å²) in [5.74, 6) is 1.11. The quantitative estimate of drug-likeness (QED) is 0.513. The van der Waals surface area contributed by atoms with Crippen molar-refractivity contribution in [1.82, 2.24) is 4.90 Å². The van der Waals surface area contributed by atoms with Gasteiger partial charge in [-0.2, -0.15) is 0 Å². The number of halogens is 1. The lowest BCUT2D eigenvalue weighted by Gasteiger charge is -2.35. The zero-order chi connectivity index (χ0) is 16.5. The van der Waals surface area contributed by atoms with Crippen molar-refractivity contribution in [3.8, 4) is 0 Å². The summed E-state index contributed by atoms with van der Waals surface area (Å²) in [6, 6.07) is 0. The van der Waals surface area contributed by atoms with E-state index < -0.39 is 0 Å². The topological polar surface area (TPSA) is 20.3 Å². The number of ketones is 1. The molecule has 0 unspecified atom stereocenters. The monoisotopic (exact) mass is 383 g/mol. The molecule has 0 bridgehead atoms. The lowest BCUT2D eigenvalue weighted by molar-refractivity contribution is -0.117. The van der Waals surface area contributed by atoms with Crippen molar-refractivity contribution in [3.63, 3.8) is 0 Å². The van der Waals surface area contributed by atoms with Gasteiger partial charge in [-0.1, -0.05) is 55.0 Å². The van der Waals surface area contributed by atoms with Crippen LogP contribution in [0.15, 0.2) is 11.3 Å². The molecule has 0 amide bonds. The van der Waals surface area contributed by atoms with E-state index in [0.29, 0.717) is 11.7 Å². The van der Waals surface area contributed by atoms with Crippen LogP contribution in [0, 0.1) is 5.92 Å². The van der Waals surface area contributed by atoms with Gasteiger partial charge < -0.3 is 4.90 Å². The Balaban J connectivity index is 2.24. The summed E-state index contributed by atoms with van der Waals surface area (Å²) in [7, 11) is 0. The predicted octanol–water partition coefficient (Wildman–Crippen LogP) is 5.85. The average molecular weight is 384 g/mol. The van der Waals surface area contributed by atoms with Gasteiger partial charge in [0, 0.05) is 24.8 Å². The van der Waals surface area contributed by atoms with E-state index in [1.807, 2.05) is 0 Å². The van der Waals surface area contributed by atoms with Gasteiger partial charge in [-0.05, 0) is 50.0 Å². The molecule has 1 fully saturated rings. The molecule has 0 aromatic carbocycles. The summed E-state index contributed by atoms with van der Waals surface area (Å²) in [5, 5.41) is 1.02. The highest BCUT2D eigenvalue weighted by molar-refractivity contribution is 9.09. The number of alkyl halides is 1. The van der Waals surface area contributed by atoms with E-state index in [-0.39, 0.29) is 0 Å². The molecule has 0 atom stereocenters. The third-order valence-corrected chi connectivity index (χ3v) is 5.95. The van der Waals surface area contributed by atoms with Crippen molar-refractivity contribution in [2.24, 2.45) is 5.92 Å². The predicted molar refractivity (Wildman–Crippen MR) is 102 cm³/mol. The molecule has 0 N–H and O–H groups in total. The molecule has 0 aliphatic heterocycles. The summed E-state index contributed by atoms with van der Waals surface area (Å²) in [6.45, 7) is 4.28. The number of nitrogens with zero attached hydrogens (tertiary/aromatic N) is 1. The van der Waals surface area contributed by atoms with Crippen LogP contribution in [-0.2, 0) is 4.79 Å². The minimum Gasteiger partial charge on any atom is -0.369 e. The van der Waals surface area contributed by atoms with Crippen molar-refractivity contribution in [1.29, 1.82) is 0 Å². The summed E-state index contributed by atoms with van der Waals surface area (Å²) in [4.78, 5) is 15.2.